The normalized spacial score (nSPS) is 19.7. The Morgan fingerprint density at radius 2 is 2.47 bits per heavy atom. The van der Waals surface area contributed by atoms with Gasteiger partial charge in [-0.2, -0.15) is 0 Å². The van der Waals surface area contributed by atoms with Gasteiger partial charge in [-0.25, -0.2) is 0 Å². The van der Waals surface area contributed by atoms with Crippen LogP contribution in [0.1, 0.15) is 9.67 Å². The van der Waals surface area contributed by atoms with Gasteiger partial charge in [0, 0.05) is 36.1 Å². The van der Waals surface area contributed by atoms with Gasteiger partial charge in [-0.05, 0) is 17.5 Å². The zero-order chi connectivity index (χ0) is 13.2. The number of hydrogen-bond acceptors (Lipinski definition) is 5. The summed E-state index contributed by atoms with van der Waals surface area (Å²) in [6.07, 6.45) is 0.101. The molecular weight excluding hydrogens is 280 g/mol. The fourth-order valence-electron chi connectivity index (χ4n) is 2.18. The fourth-order valence-corrected chi connectivity index (χ4v) is 4.29. The first-order valence-corrected chi connectivity index (χ1v) is 7.98. The van der Waals surface area contributed by atoms with Crippen LogP contribution in [-0.2, 0) is 4.74 Å². The summed E-state index contributed by atoms with van der Waals surface area (Å²) in [5, 5.41) is 5.33. The van der Waals surface area contributed by atoms with Gasteiger partial charge in [-0.3, -0.25) is 4.79 Å². The van der Waals surface area contributed by atoms with Gasteiger partial charge in [0.15, 0.2) is 0 Å². The second-order valence-electron chi connectivity index (χ2n) is 4.64. The molecule has 0 saturated carbocycles. The van der Waals surface area contributed by atoms with Crippen molar-refractivity contribution in [2.24, 2.45) is 0 Å². The molecule has 1 unspecified atom stereocenters. The first-order valence-electron chi connectivity index (χ1n) is 6.29. The third kappa shape index (κ3) is 2.81. The lowest BCUT2D eigenvalue weighted by Crippen LogP contribution is -2.45. The molecule has 3 rings (SSSR count). The van der Waals surface area contributed by atoms with Crippen LogP contribution in [0.25, 0.3) is 9.40 Å². The number of nitrogens with one attached hydrogen (secondary N) is 1. The Hall–Kier alpha value is -0.950. The maximum Gasteiger partial charge on any atom is 0.263 e. The lowest BCUT2D eigenvalue weighted by atomic mass is 10.3. The lowest BCUT2D eigenvalue weighted by Gasteiger charge is -2.27. The van der Waals surface area contributed by atoms with Gasteiger partial charge < -0.3 is 15.0 Å². The summed E-state index contributed by atoms with van der Waals surface area (Å²) < 4.78 is 8.01. The minimum Gasteiger partial charge on any atom is -0.374 e. The van der Waals surface area contributed by atoms with E-state index in [4.69, 9.17) is 4.74 Å². The zero-order valence-electron chi connectivity index (χ0n) is 10.7. The van der Waals surface area contributed by atoms with Gasteiger partial charge >= 0.3 is 0 Å². The number of amides is 1. The van der Waals surface area contributed by atoms with Crippen molar-refractivity contribution in [2.45, 2.75) is 6.10 Å². The van der Waals surface area contributed by atoms with Crippen LogP contribution < -0.4 is 5.32 Å². The molecule has 0 spiro atoms. The molecule has 1 amide bonds. The van der Waals surface area contributed by atoms with Crippen molar-refractivity contribution in [3.63, 3.8) is 0 Å². The minimum absolute atomic E-state index is 0.0857. The SMILES string of the molecule is CN(CC1CNCCO1)C(=O)c1cc2sccc2s1. The highest BCUT2D eigenvalue weighted by Gasteiger charge is 2.21. The van der Waals surface area contributed by atoms with E-state index in [0.717, 1.165) is 24.6 Å². The molecule has 2 aromatic heterocycles. The third-order valence-corrected chi connectivity index (χ3v) is 5.26. The van der Waals surface area contributed by atoms with Crippen LogP contribution in [0.3, 0.4) is 0 Å². The van der Waals surface area contributed by atoms with Gasteiger partial charge in [-0.1, -0.05) is 0 Å². The molecule has 0 radical (unpaired) electrons. The number of carbonyl (C=O) groups excluding carboxylic acids is 1. The summed E-state index contributed by atoms with van der Waals surface area (Å²) in [6.45, 7) is 3.07. The Balaban J connectivity index is 1.66. The number of rotatable bonds is 3. The summed E-state index contributed by atoms with van der Waals surface area (Å²) in [6, 6.07) is 4.05. The molecule has 1 saturated heterocycles. The Bertz CT molecular complexity index is 543. The van der Waals surface area contributed by atoms with E-state index in [-0.39, 0.29) is 12.0 Å². The molecule has 4 nitrogen and oxygen atoms in total. The molecule has 3 heterocycles. The molecule has 0 bridgehead atoms. The largest absolute Gasteiger partial charge is 0.374 e. The summed E-state index contributed by atoms with van der Waals surface area (Å²) in [7, 11) is 1.84. The summed E-state index contributed by atoms with van der Waals surface area (Å²) in [5.74, 6) is 0.0857. The highest BCUT2D eigenvalue weighted by molar-refractivity contribution is 7.27. The number of hydrogen-bond donors (Lipinski definition) is 1. The summed E-state index contributed by atoms with van der Waals surface area (Å²) >= 11 is 3.24. The van der Waals surface area contributed by atoms with Crippen LogP contribution in [0.5, 0.6) is 0 Å². The maximum absolute atomic E-state index is 12.4. The van der Waals surface area contributed by atoms with E-state index in [1.807, 2.05) is 13.1 Å². The highest BCUT2D eigenvalue weighted by Crippen LogP contribution is 2.30. The smallest absolute Gasteiger partial charge is 0.263 e. The van der Waals surface area contributed by atoms with E-state index < -0.39 is 0 Å². The maximum atomic E-state index is 12.4. The predicted octanol–water partition coefficient (Wildman–Crippen LogP) is 2.02. The monoisotopic (exact) mass is 296 g/mol. The van der Waals surface area contributed by atoms with Crippen LogP contribution in [0.15, 0.2) is 17.5 Å². The van der Waals surface area contributed by atoms with E-state index in [9.17, 15) is 4.79 Å². The van der Waals surface area contributed by atoms with Crippen molar-refractivity contribution in [3.05, 3.63) is 22.4 Å². The van der Waals surface area contributed by atoms with Crippen LogP contribution in [0, 0.1) is 0 Å². The molecule has 1 N–H and O–H groups in total. The van der Waals surface area contributed by atoms with Gasteiger partial charge in [-0.15, -0.1) is 22.7 Å². The second kappa shape index (κ2) is 5.58. The highest BCUT2D eigenvalue weighted by atomic mass is 32.1. The average molecular weight is 296 g/mol. The van der Waals surface area contributed by atoms with Gasteiger partial charge in [0.25, 0.3) is 5.91 Å². The molecule has 19 heavy (non-hydrogen) atoms. The van der Waals surface area contributed by atoms with Crippen LogP contribution in [0.2, 0.25) is 0 Å². The molecule has 0 aliphatic carbocycles. The van der Waals surface area contributed by atoms with Crippen molar-refractivity contribution in [2.75, 3.05) is 33.3 Å². The molecule has 2 aromatic rings. The second-order valence-corrected chi connectivity index (χ2v) is 6.67. The third-order valence-electron chi connectivity index (χ3n) is 3.18. The molecule has 102 valence electrons. The molecule has 1 aliphatic rings. The van der Waals surface area contributed by atoms with Crippen molar-refractivity contribution in [1.29, 1.82) is 0 Å². The molecule has 0 aromatic carbocycles. The Kier molecular flexibility index (Phi) is 3.83. The van der Waals surface area contributed by atoms with Crippen LogP contribution >= 0.6 is 22.7 Å². The van der Waals surface area contributed by atoms with Gasteiger partial charge in [0.05, 0.1) is 17.6 Å². The Labute approximate surface area is 120 Å². The van der Waals surface area contributed by atoms with Gasteiger partial charge in [0.1, 0.15) is 0 Å². The molecule has 1 atom stereocenters. The van der Waals surface area contributed by atoms with E-state index in [1.165, 1.54) is 9.40 Å². The van der Waals surface area contributed by atoms with Crippen molar-refractivity contribution >= 4 is 38.0 Å². The van der Waals surface area contributed by atoms with E-state index in [1.54, 1.807) is 27.6 Å². The zero-order valence-corrected chi connectivity index (χ0v) is 12.4. The predicted molar refractivity (Wildman–Crippen MR) is 79.3 cm³/mol. The van der Waals surface area contributed by atoms with Crippen molar-refractivity contribution in [1.82, 2.24) is 10.2 Å². The quantitative estimate of drug-likeness (QED) is 0.942. The Morgan fingerprint density at radius 1 is 1.58 bits per heavy atom. The number of likely N-dealkylation sites (N-methyl/N-ethyl adjacent to an activating group) is 1. The number of fused-ring (bicyclic) bond motifs is 1. The van der Waals surface area contributed by atoms with E-state index >= 15 is 0 Å². The lowest BCUT2D eigenvalue weighted by molar-refractivity contribution is 0.0105. The van der Waals surface area contributed by atoms with Crippen LogP contribution in [-0.4, -0.2) is 50.2 Å². The summed E-state index contributed by atoms with van der Waals surface area (Å²) in [4.78, 5) is 14.9. The number of thiophene rings is 2. The minimum atomic E-state index is 0.0857. The first kappa shape index (κ1) is 13.1. The number of nitrogens with zero attached hydrogens (tertiary/aromatic N) is 1. The van der Waals surface area contributed by atoms with Gasteiger partial charge in [0.2, 0.25) is 0 Å². The van der Waals surface area contributed by atoms with E-state index in [0.29, 0.717) is 6.54 Å². The van der Waals surface area contributed by atoms with Crippen molar-refractivity contribution in [3.8, 4) is 0 Å². The molecule has 6 heteroatoms. The van der Waals surface area contributed by atoms with Crippen LogP contribution in [0.4, 0.5) is 0 Å². The number of carbonyl (C=O) groups is 1. The number of ether oxygens (including phenoxy) is 1. The summed E-state index contributed by atoms with van der Waals surface area (Å²) in [5.41, 5.74) is 0. The standard InChI is InChI=1S/C13H16N2O2S2/c1-15(8-9-7-14-3-4-17-9)13(16)12-6-11-10(19-12)2-5-18-11/h2,5-6,9,14H,3-4,7-8H2,1H3. The van der Waals surface area contributed by atoms with E-state index in [2.05, 4.69) is 16.8 Å². The molecule has 1 fully saturated rings. The fraction of sp³-hybridized carbons (Fsp3) is 0.462. The molecule has 1 aliphatic heterocycles. The first-order chi connectivity index (χ1) is 9.24. The molecular formula is C13H16N2O2S2. The Morgan fingerprint density at radius 3 is 3.21 bits per heavy atom. The van der Waals surface area contributed by atoms with Crippen molar-refractivity contribution < 1.29 is 9.53 Å². The average Bonchev–Trinajstić information content (AvgIpc) is 2.99. The number of morpholine rings is 1. The topological polar surface area (TPSA) is 41.6 Å².